The number of piperazine rings is 1. The highest BCUT2D eigenvalue weighted by atomic mass is 16.2. The SMILES string of the molecule is Cc1cc(C)nc(N2CCC(C(=O)N3CCN(c4ccc5ccccc5n4)CC3)CC2)n1. The van der Waals surface area contributed by atoms with Gasteiger partial charge in [-0.1, -0.05) is 18.2 Å². The first-order valence-corrected chi connectivity index (χ1v) is 11.5. The number of nitrogens with zero attached hydrogens (tertiary/aromatic N) is 6. The molecule has 0 saturated carbocycles. The molecule has 5 rings (SSSR count). The summed E-state index contributed by atoms with van der Waals surface area (Å²) < 4.78 is 0. The summed E-state index contributed by atoms with van der Waals surface area (Å²) in [6.45, 7) is 8.84. The number of fused-ring (bicyclic) bond motifs is 1. The molecule has 1 aromatic carbocycles. The molecule has 2 aliphatic rings. The Hall–Kier alpha value is -3.22. The number of hydrogen-bond donors (Lipinski definition) is 0. The van der Waals surface area contributed by atoms with Crippen molar-refractivity contribution in [1.29, 1.82) is 0 Å². The van der Waals surface area contributed by atoms with E-state index >= 15 is 0 Å². The first-order chi connectivity index (χ1) is 15.6. The molecule has 2 fully saturated rings. The Labute approximate surface area is 189 Å². The van der Waals surface area contributed by atoms with E-state index in [9.17, 15) is 4.79 Å². The Morgan fingerprint density at radius 2 is 1.50 bits per heavy atom. The van der Waals surface area contributed by atoms with E-state index in [4.69, 9.17) is 4.98 Å². The zero-order valence-electron chi connectivity index (χ0n) is 18.9. The van der Waals surface area contributed by atoms with Crippen molar-refractivity contribution in [3.8, 4) is 0 Å². The summed E-state index contributed by atoms with van der Waals surface area (Å²) in [4.78, 5) is 33.7. The number of carbonyl (C=O) groups excluding carboxylic acids is 1. The summed E-state index contributed by atoms with van der Waals surface area (Å²) in [6.07, 6.45) is 1.73. The number of anilines is 2. The van der Waals surface area contributed by atoms with Crippen LogP contribution >= 0.6 is 0 Å². The fraction of sp³-hybridized carbons (Fsp3) is 0.440. The van der Waals surface area contributed by atoms with Gasteiger partial charge in [0.05, 0.1) is 5.52 Å². The van der Waals surface area contributed by atoms with Crippen LogP contribution in [-0.4, -0.2) is 65.0 Å². The lowest BCUT2D eigenvalue weighted by molar-refractivity contribution is -0.136. The Morgan fingerprint density at radius 3 is 2.22 bits per heavy atom. The van der Waals surface area contributed by atoms with Gasteiger partial charge in [0, 0.05) is 62.0 Å². The van der Waals surface area contributed by atoms with Gasteiger partial charge in [0.25, 0.3) is 0 Å². The van der Waals surface area contributed by atoms with E-state index < -0.39 is 0 Å². The molecule has 3 aromatic rings. The lowest BCUT2D eigenvalue weighted by Crippen LogP contribution is -2.52. The van der Waals surface area contributed by atoms with Crippen molar-refractivity contribution in [2.75, 3.05) is 49.1 Å². The lowest BCUT2D eigenvalue weighted by atomic mass is 9.95. The molecule has 0 radical (unpaired) electrons. The number of piperidine rings is 1. The van der Waals surface area contributed by atoms with Crippen LogP contribution in [0.15, 0.2) is 42.5 Å². The number of aryl methyl sites for hydroxylation is 2. The summed E-state index contributed by atoms with van der Waals surface area (Å²) in [7, 11) is 0. The average molecular weight is 431 g/mol. The fourth-order valence-electron chi connectivity index (χ4n) is 4.82. The molecule has 0 bridgehead atoms. The van der Waals surface area contributed by atoms with E-state index in [1.807, 2.05) is 43.0 Å². The minimum Gasteiger partial charge on any atom is -0.353 e. The Morgan fingerprint density at radius 1 is 0.812 bits per heavy atom. The van der Waals surface area contributed by atoms with Crippen LogP contribution in [0.5, 0.6) is 0 Å². The number of para-hydroxylation sites is 1. The lowest BCUT2D eigenvalue weighted by Gasteiger charge is -2.39. The van der Waals surface area contributed by atoms with E-state index in [1.54, 1.807) is 0 Å². The summed E-state index contributed by atoms with van der Waals surface area (Å²) >= 11 is 0. The molecular formula is C25H30N6O. The highest BCUT2D eigenvalue weighted by Gasteiger charge is 2.31. The van der Waals surface area contributed by atoms with Gasteiger partial charge in [0.2, 0.25) is 11.9 Å². The van der Waals surface area contributed by atoms with Gasteiger partial charge in [0.1, 0.15) is 5.82 Å². The van der Waals surface area contributed by atoms with Gasteiger partial charge in [-0.05, 0) is 51.0 Å². The number of pyridine rings is 1. The summed E-state index contributed by atoms with van der Waals surface area (Å²) in [5.74, 6) is 2.20. The van der Waals surface area contributed by atoms with Gasteiger partial charge in [-0.3, -0.25) is 4.79 Å². The Bertz CT molecular complexity index is 1100. The Kier molecular flexibility index (Phi) is 5.64. The smallest absolute Gasteiger partial charge is 0.225 e. The molecule has 2 aliphatic heterocycles. The van der Waals surface area contributed by atoms with E-state index in [1.165, 1.54) is 0 Å². The molecule has 32 heavy (non-hydrogen) atoms. The van der Waals surface area contributed by atoms with Crippen LogP contribution in [-0.2, 0) is 4.79 Å². The monoisotopic (exact) mass is 430 g/mol. The van der Waals surface area contributed by atoms with Crippen molar-refractivity contribution in [2.24, 2.45) is 5.92 Å². The van der Waals surface area contributed by atoms with Crippen molar-refractivity contribution in [2.45, 2.75) is 26.7 Å². The topological polar surface area (TPSA) is 65.5 Å². The molecule has 7 heteroatoms. The second-order valence-electron chi connectivity index (χ2n) is 8.89. The molecule has 4 heterocycles. The van der Waals surface area contributed by atoms with Gasteiger partial charge >= 0.3 is 0 Å². The van der Waals surface area contributed by atoms with Crippen LogP contribution in [0.25, 0.3) is 10.9 Å². The van der Waals surface area contributed by atoms with Crippen LogP contribution in [0.2, 0.25) is 0 Å². The zero-order chi connectivity index (χ0) is 22.1. The van der Waals surface area contributed by atoms with E-state index in [0.717, 1.165) is 86.2 Å². The largest absolute Gasteiger partial charge is 0.353 e. The maximum atomic E-state index is 13.2. The first-order valence-electron chi connectivity index (χ1n) is 11.5. The van der Waals surface area contributed by atoms with E-state index in [2.05, 4.69) is 38.0 Å². The predicted octanol–water partition coefficient (Wildman–Crippen LogP) is 3.21. The van der Waals surface area contributed by atoms with E-state index in [0.29, 0.717) is 5.91 Å². The highest BCUT2D eigenvalue weighted by Crippen LogP contribution is 2.25. The van der Waals surface area contributed by atoms with Gasteiger partial charge in [-0.2, -0.15) is 0 Å². The molecule has 2 saturated heterocycles. The number of rotatable bonds is 3. The third kappa shape index (κ3) is 4.24. The molecular weight excluding hydrogens is 400 g/mol. The molecule has 2 aromatic heterocycles. The highest BCUT2D eigenvalue weighted by molar-refractivity contribution is 5.81. The zero-order valence-corrected chi connectivity index (χ0v) is 18.9. The van der Waals surface area contributed by atoms with Crippen molar-refractivity contribution in [3.63, 3.8) is 0 Å². The normalized spacial score (nSPS) is 17.8. The standard InChI is InChI=1S/C25H30N6O/c1-18-17-19(2)27-25(26-18)31-11-9-21(10-12-31)24(32)30-15-13-29(14-16-30)23-8-7-20-5-3-4-6-22(20)28-23/h3-8,17,21H,9-16H2,1-2H3. The predicted molar refractivity (Wildman–Crippen MR) is 127 cm³/mol. The number of hydrogen-bond acceptors (Lipinski definition) is 6. The van der Waals surface area contributed by atoms with Gasteiger partial charge in [-0.25, -0.2) is 15.0 Å². The van der Waals surface area contributed by atoms with Gasteiger partial charge in [-0.15, -0.1) is 0 Å². The molecule has 0 atom stereocenters. The average Bonchev–Trinajstić information content (AvgIpc) is 2.83. The second kappa shape index (κ2) is 8.73. The summed E-state index contributed by atoms with van der Waals surface area (Å²) in [5.41, 5.74) is 3.00. The van der Waals surface area contributed by atoms with Gasteiger partial charge < -0.3 is 14.7 Å². The minimum atomic E-state index is 0.0995. The summed E-state index contributed by atoms with van der Waals surface area (Å²) in [5, 5.41) is 1.16. The van der Waals surface area contributed by atoms with Crippen LogP contribution in [0.4, 0.5) is 11.8 Å². The number of amides is 1. The molecule has 0 unspecified atom stereocenters. The maximum Gasteiger partial charge on any atom is 0.225 e. The van der Waals surface area contributed by atoms with Crippen LogP contribution in [0.3, 0.4) is 0 Å². The molecule has 1 amide bonds. The number of aromatic nitrogens is 3. The number of carbonyl (C=O) groups is 1. The molecule has 7 nitrogen and oxygen atoms in total. The third-order valence-electron chi connectivity index (χ3n) is 6.60. The van der Waals surface area contributed by atoms with Crippen molar-refractivity contribution >= 4 is 28.6 Å². The molecule has 0 N–H and O–H groups in total. The molecule has 166 valence electrons. The van der Waals surface area contributed by atoms with Crippen molar-refractivity contribution < 1.29 is 4.79 Å². The van der Waals surface area contributed by atoms with Crippen LogP contribution in [0.1, 0.15) is 24.2 Å². The van der Waals surface area contributed by atoms with Crippen LogP contribution in [0, 0.1) is 19.8 Å². The minimum absolute atomic E-state index is 0.0995. The second-order valence-corrected chi connectivity index (χ2v) is 8.89. The molecule has 0 spiro atoms. The van der Waals surface area contributed by atoms with Gasteiger partial charge in [0.15, 0.2) is 0 Å². The number of benzene rings is 1. The quantitative estimate of drug-likeness (QED) is 0.636. The summed E-state index contributed by atoms with van der Waals surface area (Å²) in [6, 6.07) is 14.4. The molecule has 0 aliphatic carbocycles. The fourth-order valence-corrected chi connectivity index (χ4v) is 4.82. The van der Waals surface area contributed by atoms with E-state index in [-0.39, 0.29) is 5.92 Å². The van der Waals surface area contributed by atoms with Crippen molar-refractivity contribution in [1.82, 2.24) is 19.9 Å². The van der Waals surface area contributed by atoms with Crippen LogP contribution < -0.4 is 9.80 Å². The maximum absolute atomic E-state index is 13.2. The first kappa shape index (κ1) is 20.7. The van der Waals surface area contributed by atoms with Crippen molar-refractivity contribution in [3.05, 3.63) is 53.9 Å². The third-order valence-corrected chi connectivity index (χ3v) is 6.60. The Balaban J connectivity index is 1.16.